The van der Waals surface area contributed by atoms with Crippen molar-refractivity contribution in [2.24, 2.45) is 5.92 Å². The third-order valence-corrected chi connectivity index (χ3v) is 4.17. The van der Waals surface area contributed by atoms with Crippen molar-refractivity contribution in [1.82, 2.24) is 0 Å². The van der Waals surface area contributed by atoms with Gasteiger partial charge in [0.15, 0.2) is 0 Å². The molecule has 0 radical (unpaired) electrons. The second-order valence-electron chi connectivity index (χ2n) is 5.43. The molecule has 2 rings (SSSR count). The van der Waals surface area contributed by atoms with Crippen molar-refractivity contribution in [1.29, 1.82) is 0 Å². The van der Waals surface area contributed by atoms with Crippen LogP contribution >= 0.6 is 11.6 Å². The van der Waals surface area contributed by atoms with Crippen LogP contribution in [0.15, 0.2) is 18.2 Å². The van der Waals surface area contributed by atoms with Gasteiger partial charge in [-0.2, -0.15) is 13.2 Å². The maximum absolute atomic E-state index is 12.5. The fourth-order valence-electron chi connectivity index (χ4n) is 2.66. The van der Waals surface area contributed by atoms with Crippen LogP contribution in [0.3, 0.4) is 0 Å². The van der Waals surface area contributed by atoms with Crippen molar-refractivity contribution in [3.63, 3.8) is 0 Å². The summed E-state index contributed by atoms with van der Waals surface area (Å²) < 4.78 is 37.6. The molecule has 1 aromatic carbocycles. The highest BCUT2D eigenvalue weighted by molar-refractivity contribution is 6.33. The lowest BCUT2D eigenvalue weighted by molar-refractivity contribution is -0.137. The summed E-state index contributed by atoms with van der Waals surface area (Å²) in [7, 11) is 0. The molecule has 1 saturated carbocycles. The summed E-state index contributed by atoms with van der Waals surface area (Å²) in [5.74, 6) is 0.593. The van der Waals surface area contributed by atoms with Gasteiger partial charge in [-0.25, -0.2) is 0 Å². The Labute approximate surface area is 122 Å². The van der Waals surface area contributed by atoms with Gasteiger partial charge in [-0.3, -0.25) is 0 Å². The summed E-state index contributed by atoms with van der Waals surface area (Å²) in [5, 5.41) is 3.32. The first-order valence-electron chi connectivity index (χ1n) is 7.07. The number of nitrogens with one attached hydrogen (secondary N) is 1. The lowest BCUT2D eigenvalue weighted by Gasteiger charge is -2.17. The van der Waals surface area contributed by atoms with E-state index in [4.69, 9.17) is 11.6 Å². The summed E-state index contributed by atoms with van der Waals surface area (Å²) in [6, 6.07) is 3.47. The van der Waals surface area contributed by atoms with Crippen LogP contribution in [0.2, 0.25) is 5.02 Å². The van der Waals surface area contributed by atoms with Crippen molar-refractivity contribution in [3.05, 3.63) is 28.8 Å². The molecule has 0 amide bonds. The van der Waals surface area contributed by atoms with Gasteiger partial charge >= 0.3 is 6.18 Å². The minimum atomic E-state index is -4.34. The number of alkyl halides is 3. The smallest absolute Gasteiger partial charge is 0.384 e. The number of halogens is 4. The molecule has 5 heteroatoms. The largest absolute Gasteiger partial charge is 0.416 e. The Morgan fingerprint density at radius 1 is 1.10 bits per heavy atom. The average Bonchev–Trinajstić information content (AvgIpc) is 2.64. The van der Waals surface area contributed by atoms with E-state index in [1.807, 2.05) is 0 Å². The molecule has 0 unspecified atom stereocenters. The van der Waals surface area contributed by atoms with E-state index in [0.29, 0.717) is 11.6 Å². The molecule has 20 heavy (non-hydrogen) atoms. The van der Waals surface area contributed by atoms with Crippen molar-refractivity contribution >= 4 is 17.3 Å². The van der Waals surface area contributed by atoms with Crippen molar-refractivity contribution in [2.75, 3.05) is 11.9 Å². The number of anilines is 1. The van der Waals surface area contributed by atoms with Gasteiger partial charge in [-0.1, -0.05) is 37.3 Å². The summed E-state index contributed by atoms with van der Waals surface area (Å²) in [5.41, 5.74) is -0.119. The second kappa shape index (κ2) is 6.70. The number of hydrogen-bond acceptors (Lipinski definition) is 1. The van der Waals surface area contributed by atoms with Crippen LogP contribution < -0.4 is 5.32 Å². The lowest BCUT2D eigenvalue weighted by atomic mass is 10.0. The van der Waals surface area contributed by atoms with Crippen molar-refractivity contribution < 1.29 is 13.2 Å². The molecule has 1 fully saturated rings. The normalized spacial score (nSPS) is 17.8. The van der Waals surface area contributed by atoms with E-state index >= 15 is 0 Å². The van der Waals surface area contributed by atoms with E-state index in [1.165, 1.54) is 44.6 Å². The van der Waals surface area contributed by atoms with Gasteiger partial charge in [0.05, 0.1) is 16.3 Å². The van der Waals surface area contributed by atoms with Crippen LogP contribution in [0.5, 0.6) is 0 Å². The molecule has 0 spiro atoms. The molecule has 0 bridgehead atoms. The maximum atomic E-state index is 12.5. The zero-order chi connectivity index (χ0) is 14.6. The minimum absolute atomic E-state index is 0.133. The highest BCUT2D eigenvalue weighted by Crippen LogP contribution is 2.34. The molecule has 1 aliphatic carbocycles. The predicted molar refractivity (Wildman–Crippen MR) is 76.1 cm³/mol. The Bertz CT molecular complexity index is 437. The van der Waals surface area contributed by atoms with Gasteiger partial charge in [0, 0.05) is 6.54 Å². The highest BCUT2D eigenvalue weighted by atomic mass is 35.5. The van der Waals surface area contributed by atoms with E-state index in [2.05, 4.69) is 5.32 Å². The third-order valence-electron chi connectivity index (χ3n) is 3.85. The predicted octanol–water partition coefficient (Wildman–Crippen LogP) is 5.74. The molecule has 1 aromatic rings. The Balaban J connectivity index is 1.96. The zero-order valence-electron chi connectivity index (χ0n) is 11.3. The third kappa shape index (κ3) is 4.30. The standard InChI is InChI=1S/C15H19ClF3N/c16-13-9-12(15(17,18)19)7-8-14(13)20-10-11-5-3-1-2-4-6-11/h7-9,11,20H,1-6,10H2. The van der Waals surface area contributed by atoms with E-state index < -0.39 is 11.7 Å². The zero-order valence-corrected chi connectivity index (χ0v) is 12.0. The Hall–Kier alpha value is -0.900. The van der Waals surface area contributed by atoms with Gasteiger partial charge < -0.3 is 5.32 Å². The molecule has 1 nitrogen and oxygen atoms in total. The quantitative estimate of drug-likeness (QED) is 0.702. The Morgan fingerprint density at radius 2 is 1.75 bits per heavy atom. The van der Waals surface area contributed by atoms with E-state index in [0.717, 1.165) is 18.7 Å². The molecular weight excluding hydrogens is 287 g/mol. The van der Waals surface area contributed by atoms with Crippen molar-refractivity contribution in [3.8, 4) is 0 Å². The highest BCUT2D eigenvalue weighted by Gasteiger charge is 2.30. The van der Waals surface area contributed by atoms with Crippen LogP contribution in [-0.4, -0.2) is 6.54 Å². The van der Waals surface area contributed by atoms with Crippen LogP contribution in [0.25, 0.3) is 0 Å². The summed E-state index contributed by atoms with van der Waals surface area (Å²) in [6.07, 6.45) is 3.09. The number of rotatable bonds is 3. The monoisotopic (exact) mass is 305 g/mol. The number of benzene rings is 1. The first-order valence-corrected chi connectivity index (χ1v) is 7.45. The number of hydrogen-bond donors (Lipinski definition) is 1. The molecule has 1 aliphatic rings. The van der Waals surface area contributed by atoms with E-state index in [-0.39, 0.29) is 5.02 Å². The van der Waals surface area contributed by atoms with Gasteiger partial charge in [0.25, 0.3) is 0 Å². The summed E-state index contributed by atoms with van der Waals surface area (Å²) >= 11 is 5.92. The van der Waals surface area contributed by atoms with E-state index in [9.17, 15) is 13.2 Å². The SMILES string of the molecule is FC(F)(F)c1ccc(NCC2CCCCCC2)c(Cl)c1. The second-order valence-corrected chi connectivity index (χ2v) is 5.84. The molecule has 1 N–H and O–H groups in total. The first-order chi connectivity index (χ1) is 9.47. The molecule has 0 aromatic heterocycles. The molecular formula is C15H19ClF3N. The Kier molecular flexibility index (Phi) is 5.19. The van der Waals surface area contributed by atoms with Crippen LogP contribution in [0, 0.1) is 5.92 Å². The summed E-state index contributed by atoms with van der Waals surface area (Å²) in [4.78, 5) is 0. The van der Waals surface area contributed by atoms with Gasteiger partial charge in [-0.15, -0.1) is 0 Å². The Morgan fingerprint density at radius 3 is 2.30 bits per heavy atom. The maximum Gasteiger partial charge on any atom is 0.416 e. The van der Waals surface area contributed by atoms with Crippen molar-refractivity contribution in [2.45, 2.75) is 44.7 Å². The summed E-state index contributed by atoms with van der Waals surface area (Å²) in [6.45, 7) is 0.783. The van der Waals surface area contributed by atoms with Crippen LogP contribution in [0.4, 0.5) is 18.9 Å². The van der Waals surface area contributed by atoms with Gasteiger partial charge in [-0.05, 0) is 37.0 Å². The fraction of sp³-hybridized carbons (Fsp3) is 0.600. The van der Waals surface area contributed by atoms with Crippen LogP contribution in [-0.2, 0) is 6.18 Å². The molecule has 0 aliphatic heterocycles. The first kappa shape index (κ1) is 15.5. The van der Waals surface area contributed by atoms with E-state index in [1.54, 1.807) is 0 Å². The molecule has 112 valence electrons. The molecule has 0 heterocycles. The van der Waals surface area contributed by atoms with Gasteiger partial charge in [0.2, 0.25) is 0 Å². The minimum Gasteiger partial charge on any atom is -0.384 e. The van der Waals surface area contributed by atoms with Gasteiger partial charge in [0.1, 0.15) is 0 Å². The lowest BCUT2D eigenvalue weighted by Crippen LogP contribution is -2.14. The molecule has 0 saturated heterocycles. The fourth-order valence-corrected chi connectivity index (χ4v) is 2.90. The average molecular weight is 306 g/mol. The van der Waals surface area contributed by atoms with Crippen LogP contribution in [0.1, 0.15) is 44.1 Å². The topological polar surface area (TPSA) is 12.0 Å². The molecule has 0 atom stereocenters.